The zero-order valence-corrected chi connectivity index (χ0v) is 13.9. The highest BCUT2D eigenvalue weighted by atomic mass is 16.5. The van der Waals surface area contributed by atoms with E-state index in [-0.39, 0.29) is 29.2 Å². The zero-order valence-electron chi connectivity index (χ0n) is 13.9. The lowest BCUT2D eigenvalue weighted by molar-refractivity contribution is 0.0521. The van der Waals surface area contributed by atoms with E-state index in [0.717, 1.165) is 18.2 Å². The minimum absolute atomic E-state index is 0.0759. The van der Waals surface area contributed by atoms with Crippen LogP contribution in [0.5, 0.6) is 28.7 Å². The lowest BCUT2D eigenvalue weighted by Gasteiger charge is -2.07. The number of carbonyl (C=O) groups excluding carboxylic acids is 1. The molecule has 2 aromatic carbocycles. The van der Waals surface area contributed by atoms with E-state index in [4.69, 9.17) is 30.3 Å². The lowest BCUT2D eigenvalue weighted by atomic mass is 10.1. The molecule has 0 saturated heterocycles. The summed E-state index contributed by atoms with van der Waals surface area (Å²) in [4.78, 5) is 21.6. The third-order valence-corrected chi connectivity index (χ3v) is 3.10. The van der Waals surface area contributed by atoms with Gasteiger partial charge in [0.25, 0.3) is 0 Å². The number of phenols is 5. The Kier molecular flexibility index (Phi) is 6.65. The van der Waals surface area contributed by atoms with Gasteiger partial charge in [0.15, 0.2) is 17.2 Å². The van der Waals surface area contributed by atoms with Crippen molar-refractivity contribution >= 4 is 11.9 Å². The number of aromatic hydroxyl groups is 5. The normalized spacial score (nSPS) is 9.77. The number of ether oxygens (including phenoxy) is 1. The summed E-state index contributed by atoms with van der Waals surface area (Å²) < 4.78 is 4.75. The quantitative estimate of drug-likeness (QED) is 0.352. The molecule has 0 unspecified atom stereocenters. The molecule has 9 nitrogen and oxygen atoms in total. The number of esters is 1. The van der Waals surface area contributed by atoms with E-state index in [1.54, 1.807) is 13.8 Å². The molecule has 0 atom stereocenters. The van der Waals surface area contributed by atoms with Crippen molar-refractivity contribution < 1.29 is 45.0 Å². The van der Waals surface area contributed by atoms with Gasteiger partial charge in [-0.25, -0.2) is 9.59 Å². The molecule has 2 aromatic rings. The summed E-state index contributed by atoms with van der Waals surface area (Å²) in [6, 6.07) is 4.19. The van der Waals surface area contributed by atoms with Crippen molar-refractivity contribution in [2.24, 2.45) is 0 Å². The van der Waals surface area contributed by atoms with Crippen molar-refractivity contribution in [3.05, 3.63) is 41.0 Å². The van der Waals surface area contributed by atoms with Crippen LogP contribution in [0.1, 0.15) is 33.2 Å². The van der Waals surface area contributed by atoms with Gasteiger partial charge < -0.3 is 35.4 Å². The molecule has 0 aliphatic carbocycles. The average Bonchev–Trinajstić information content (AvgIpc) is 2.51. The van der Waals surface area contributed by atoms with E-state index in [1.807, 2.05) is 0 Å². The lowest BCUT2D eigenvalue weighted by Crippen LogP contribution is -2.06. The number of hydrogen-bond acceptors (Lipinski definition) is 8. The van der Waals surface area contributed by atoms with Gasteiger partial charge in [-0.3, -0.25) is 0 Å². The Bertz CT molecular complexity index is 781. The molecule has 0 heterocycles. The van der Waals surface area contributed by atoms with Gasteiger partial charge in [0.05, 0.1) is 12.2 Å². The average molecular weight is 366 g/mol. The molecule has 6 N–H and O–H groups in total. The summed E-state index contributed by atoms with van der Waals surface area (Å²) in [7, 11) is 0. The first-order valence-corrected chi connectivity index (χ1v) is 7.26. The van der Waals surface area contributed by atoms with Gasteiger partial charge in [-0.05, 0) is 37.6 Å². The van der Waals surface area contributed by atoms with Crippen LogP contribution in [-0.2, 0) is 4.74 Å². The van der Waals surface area contributed by atoms with E-state index in [0.29, 0.717) is 5.56 Å². The van der Waals surface area contributed by atoms with Crippen LogP contribution in [0.2, 0.25) is 0 Å². The molecule has 0 spiro atoms. The predicted molar refractivity (Wildman–Crippen MR) is 88.9 cm³/mol. The molecule has 140 valence electrons. The number of carboxylic acids is 1. The summed E-state index contributed by atoms with van der Waals surface area (Å²) >= 11 is 0. The van der Waals surface area contributed by atoms with Crippen molar-refractivity contribution in [1.82, 2.24) is 0 Å². The molecule has 0 aliphatic rings. The zero-order chi connectivity index (χ0) is 20.0. The van der Waals surface area contributed by atoms with Crippen LogP contribution in [0.4, 0.5) is 0 Å². The number of carbonyl (C=O) groups is 2. The Hall–Kier alpha value is -3.62. The summed E-state index contributed by atoms with van der Waals surface area (Å²) in [6.45, 7) is 3.55. The summed E-state index contributed by atoms with van der Waals surface area (Å²) in [5.74, 6) is -4.25. The Morgan fingerprint density at radius 1 is 0.923 bits per heavy atom. The second kappa shape index (κ2) is 8.47. The van der Waals surface area contributed by atoms with Crippen LogP contribution in [0.3, 0.4) is 0 Å². The maximum absolute atomic E-state index is 11.3. The van der Waals surface area contributed by atoms with Crippen LogP contribution in [-0.4, -0.2) is 49.2 Å². The fraction of sp³-hybridized carbons (Fsp3) is 0.176. The first-order valence-electron chi connectivity index (χ1n) is 7.26. The fourth-order valence-corrected chi connectivity index (χ4v) is 1.95. The fourth-order valence-electron chi connectivity index (χ4n) is 1.95. The molecule has 9 heteroatoms. The van der Waals surface area contributed by atoms with Gasteiger partial charge in [0, 0.05) is 6.07 Å². The monoisotopic (exact) mass is 366 g/mol. The summed E-state index contributed by atoms with van der Waals surface area (Å²) in [5, 5.41) is 53.5. The summed E-state index contributed by atoms with van der Waals surface area (Å²) in [6.07, 6.45) is 0. The molecule has 26 heavy (non-hydrogen) atoms. The van der Waals surface area contributed by atoms with Crippen molar-refractivity contribution in [2.75, 3.05) is 6.61 Å². The molecule has 0 radical (unpaired) electrons. The number of rotatable bonds is 3. The predicted octanol–water partition coefficient (Wildman–Crippen LogP) is 2.08. The summed E-state index contributed by atoms with van der Waals surface area (Å²) in [5.41, 5.74) is 0.299. The third-order valence-electron chi connectivity index (χ3n) is 3.10. The SMILES string of the molecule is CCOC(=O)c1c(C)cc(O)cc1O.O=C(O)c1cc(O)c(O)c(O)c1. The van der Waals surface area contributed by atoms with Gasteiger partial charge in [-0.15, -0.1) is 0 Å². The number of benzene rings is 2. The van der Waals surface area contributed by atoms with Crippen molar-refractivity contribution in [1.29, 1.82) is 0 Å². The first kappa shape index (κ1) is 20.4. The van der Waals surface area contributed by atoms with E-state index in [9.17, 15) is 14.7 Å². The molecule has 2 rings (SSSR count). The molecule has 0 saturated carbocycles. The van der Waals surface area contributed by atoms with Gasteiger partial charge in [-0.1, -0.05) is 0 Å². The highest BCUT2D eigenvalue weighted by Gasteiger charge is 2.16. The minimum atomic E-state index is -1.29. The van der Waals surface area contributed by atoms with Crippen LogP contribution in [0.15, 0.2) is 24.3 Å². The first-order chi connectivity index (χ1) is 12.1. The van der Waals surface area contributed by atoms with Gasteiger partial charge in [0.1, 0.15) is 17.1 Å². The van der Waals surface area contributed by atoms with Crippen LogP contribution in [0, 0.1) is 6.92 Å². The number of carboxylic acid groups (broad SMARTS) is 1. The van der Waals surface area contributed by atoms with E-state index in [1.165, 1.54) is 6.07 Å². The molecule has 0 amide bonds. The molecule has 0 bridgehead atoms. The van der Waals surface area contributed by atoms with Crippen molar-refractivity contribution in [2.45, 2.75) is 13.8 Å². The molecule has 0 fully saturated rings. The Morgan fingerprint density at radius 2 is 1.46 bits per heavy atom. The smallest absolute Gasteiger partial charge is 0.342 e. The van der Waals surface area contributed by atoms with E-state index in [2.05, 4.69) is 0 Å². The standard InChI is InChI=1S/C10H12O4.C7H6O5/c1-3-14-10(13)9-6(2)4-7(11)5-8(9)12;8-4-1-3(7(11)12)2-5(9)6(4)10/h4-5,11-12H,3H2,1-2H3;1-2,8-10H,(H,11,12). The molecular weight excluding hydrogens is 348 g/mol. The Morgan fingerprint density at radius 3 is 1.88 bits per heavy atom. The van der Waals surface area contributed by atoms with E-state index < -0.39 is 29.2 Å². The maximum Gasteiger partial charge on any atom is 0.342 e. The van der Waals surface area contributed by atoms with Gasteiger partial charge in [0.2, 0.25) is 0 Å². The van der Waals surface area contributed by atoms with Gasteiger partial charge in [-0.2, -0.15) is 0 Å². The molecule has 0 aliphatic heterocycles. The third kappa shape index (κ3) is 4.94. The topological polar surface area (TPSA) is 165 Å². The largest absolute Gasteiger partial charge is 0.508 e. The second-order valence-electron chi connectivity index (χ2n) is 5.05. The van der Waals surface area contributed by atoms with Crippen LogP contribution >= 0.6 is 0 Å². The van der Waals surface area contributed by atoms with Crippen LogP contribution in [0.25, 0.3) is 0 Å². The Labute approximate surface area is 148 Å². The minimum Gasteiger partial charge on any atom is -0.508 e. The number of aromatic carboxylic acids is 1. The van der Waals surface area contributed by atoms with Gasteiger partial charge >= 0.3 is 11.9 Å². The highest BCUT2D eigenvalue weighted by Crippen LogP contribution is 2.35. The highest BCUT2D eigenvalue weighted by molar-refractivity contribution is 5.94. The van der Waals surface area contributed by atoms with Crippen molar-refractivity contribution in [3.63, 3.8) is 0 Å². The number of aryl methyl sites for hydroxylation is 1. The second-order valence-corrected chi connectivity index (χ2v) is 5.05. The Balaban J connectivity index is 0.000000263. The van der Waals surface area contributed by atoms with Crippen molar-refractivity contribution in [3.8, 4) is 28.7 Å². The van der Waals surface area contributed by atoms with E-state index >= 15 is 0 Å². The number of hydrogen-bond donors (Lipinski definition) is 6. The molecule has 0 aromatic heterocycles. The number of phenolic OH excluding ortho intramolecular Hbond substituents is 5. The molecular formula is C17H18O9. The maximum atomic E-state index is 11.3. The van der Waals surface area contributed by atoms with Crippen LogP contribution < -0.4 is 0 Å².